The van der Waals surface area contributed by atoms with E-state index in [1.54, 1.807) is 0 Å². The first-order chi connectivity index (χ1) is 37.2. The molecular formula is C73H72N2OSi2. The molecule has 1 aliphatic carbocycles. The molecule has 1 heterocycles. The fourth-order valence-electron chi connectivity index (χ4n) is 12.3. The standard InChI is InChI=1S/C73H72N2OSi2/c1-71(2,3)49-31-35-53(36-32-49)74(55-39-43-57(44-40-55)77(7,8)9)64-47-62-67(60-28-20-19-27-59(60)64)69-63(73(62,51-23-15-13-16-24-51)52-25-17-14-18-26-52)48-65(70-68(69)61-29-21-22-30-66(61)76-70)75(54-37-33-50(34-38-54)72(4,5)6)56-41-45-58(46-42-56)78(10,11)12/h13-48H,1-12H3. The maximum Gasteiger partial charge on any atom is 0.160 e. The molecule has 388 valence electrons. The lowest BCUT2D eigenvalue weighted by molar-refractivity contribution is 0.590. The van der Waals surface area contributed by atoms with Gasteiger partial charge in [-0.15, -0.1) is 0 Å². The van der Waals surface area contributed by atoms with E-state index in [2.05, 4.69) is 309 Å². The SMILES string of the molecule is CC(C)(C)c1ccc(N(c2ccc([Si](C)(C)C)cc2)c2cc3c(c4ccccc24)-c2c(cc(N(c4ccc(C(C)(C)C)cc4)c4ccc([Si](C)(C)C)cc4)c4oc5ccccc5c24)C3(c2ccccc2)c2ccccc2)cc1. The predicted molar refractivity (Wildman–Crippen MR) is 341 cm³/mol. The molecule has 1 aliphatic rings. The first kappa shape index (κ1) is 51.1. The van der Waals surface area contributed by atoms with Gasteiger partial charge in [-0.3, -0.25) is 0 Å². The van der Waals surface area contributed by atoms with Crippen LogP contribution >= 0.6 is 0 Å². The van der Waals surface area contributed by atoms with E-state index in [1.165, 1.54) is 65.7 Å². The second-order valence-electron chi connectivity index (χ2n) is 25.8. The van der Waals surface area contributed by atoms with Crippen molar-refractivity contribution in [2.24, 2.45) is 0 Å². The normalized spacial score (nSPS) is 13.5. The summed E-state index contributed by atoms with van der Waals surface area (Å²) in [7, 11) is -3.23. The van der Waals surface area contributed by atoms with Gasteiger partial charge in [0.1, 0.15) is 5.58 Å². The fourth-order valence-corrected chi connectivity index (χ4v) is 14.7. The minimum atomic E-state index is -1.63. The molecule has 10 aromatic carbocycles. The van der Waals surface area contributed by atoms with Crippen LogP contribution in [0.4, 0.5) is 34.1 Å². The first-order valence-electron chi connectivity index (χ1n) is 27.9. The topological polar surface area (TPSA) is 19.6 Å². The van der Waals surface area contributed by atoms with Gasteiger partial charge in [-0.25, -0.2) is 0 Å². The van der Waals surface area contributed by atoms with Crippen LogP contribution in [0.15, 0.2) is 223 Å². The molecule has 5 heteroatoms. The van der Waals surface area contributed by atoms with Crippen molar-refractivity contribution >= 4 is 93.4 Å². The molecular weight excluding hydrogens is 977 g/mol. The largest absolute Gasteiger partial charge is 0.454 e. The Labute approximate surface area is 464 Å². The molecule has 0 saturated carbocycles. The van der Waals surface area contributed by atoms with E-state index in [9.17, 15) is 0 Å². The van der Waals surface area contributed by atoms with Gasteiger partial charge in [-0.1, -0.05) is 243 Å². The van der Waals surface area contributed by atoms with Crippen molar-refractivity contribution in [2.45, 2.75) is 97.1 Å². The van der Waals surface area contributed by atoms with E-state index >= 15 is 0 Å². The maximum absolute atomic E-state index is 7.40. The number of anilines is 6. The highest BCUT2D eigenvalue weighted by Gasteiger charge is 2.49. The number of fused-ring (bicyclic) bond motifs is 9. The molecule has 0 N–H and O–H groups in total. The molecule has 0 bridgehead atoms. The van der Waals surface area contributed by atoms with Crippen molar-refractivity contribution in [1.82, 2.24) is 0 Å². The molecule has 0 radical (unpaired) electrons. The van der Waals surface area contributed by atoms with Crippen molar-refractivity contribution in [2.75, 3.05) is 9.80 Å². The van der Waals surface area contributed by atoms with Gasteiger partial charge in [0.25, 0.3) is 0 Å². The first-order valence-corrected chi connectivity index (χ1v) is 34.9. The highest BCUT2D eigenvalue weighted by molar-refractivity contribution is 6.89. The van der Waals surface area contributed by atoms with Crippen LogP contribution in [0.3, 0.4) is 0 Å². The minimum absolute atomic E-state index is 0.00366. The Hall–Kier alpha value is -7.71. The summed E-state index contributed by atoms with van der Waals surface area (Å²) < 4.78 is 7.40. The Balaban J connectivity index is 1.25. The summed E-state index contributed by atoms with van der Waals surface area (Å²) in [6.07, 6.45) is 0. The Kier molecular flexibility index (Phi) is 12.3. The van der Waals surface area contributed by atoms with Crippen molar-refractivity contribution in [1.29, 1.82) is 0 Å². The molecule has 0 amide bonds. The van der Waals surface area contributed by atoms with Gasteiger partial charge in [0.2, 0.25) is 0 Å². The smallest absolute Gasteiger partial charge is 0.160 e. The zero-order valence-electron chi connectivity index (χ0n) is 47.6. The van der Waals surface area contributed by atoms with Crippen LogP contribution in [-0.4, -0.2) is 16.1 Å². The fraction of sp³-hybridized carbons (Fsp3) is 0.205. The van der Waals surface area contributed by atoms with Crippen LogP contribution < -0.4 is 20.2 Å². The zero-order chi connectivity index (χ0) is 54.5. The van der Waals surface area contributed by atoms with Crippen molar-refractivity contribution in [3.8, 4) is 11.1 Å². The van der Waals surface area contributed by atoms with Crippen molar-refractivity contribution in [3.05, 3.63) is 252 Å². The number of nitrogens with zero attached hydrogens (tertiary/aromatic N) is 2. The lowest BCUT2D eigenvalue weighted by Gasteiger charge is -2.36. The molecule has 3 nitrogen and oxygen atoms in total. The third kappa shape index (κ3) is 8.54. The summed E-state index contributed by atoms with van der Waals surface area (Å²) in [4.78, 5) is 4.99. The molecule has 0 unspecified atom stereocenters. The van der Waals surface area contributed by atoms with Crippen molar-refractivity contribution in [3.63, 3.8) is 0 Å². The molecule has 78 heavy (non-hydrogen) atoms. The lowest BCUT2D eigenvalue weighted by Crippen LogP contribution is -2.37. The molecule has 12 rings (SSSR count). The molecule has 0 aliphatic heterocycles. The van der Waals surface area contributed by atoms with Gasteiger partial charge in [0.15, 0.2) is 5.58 Å². The molecule has 1 aromatic heterocycles. The summed E-state index contributed by atoms with van der Waals surface area (Å²) >= 11 is 0. The van der Waals surface area contributed by atoms with Crippen LogP contribution in [0.1, 0.15) is 74.9 Å². The Morgan fingerprint density at radius 1 is 0.372 bits per heavy atom. The maximum atomic E-state index is 7.40. The van der Waals surface area contributed by atoms with Crippen LogP contribution in [0.25, 0.3) is 43.8 Å². The van der Waals surface area contributed by atoms with Gasteiger partial charge >= 0.3 is 0 Å². The second kappa shape index (κ2) is 18.7. The Morgan fingerprint density at radius 3 is 1.19 bits per heavy atom. The summed E-state index contributed by atoms with van der Waals surface area (Å²) in [5, 5.41) is 7.47. The summed E-state index contributed by atoms with van der Waals surface area (Å²) in [6.45, 7) is 28.3. The Bertz CT molecular complexity index is 3860. The van der Waals surface area contributed by atoms with E-state index in [-0.39, 0.29) is 10.8 Å². The average Bonchev–Trinajstić information content (AvgIpc) is 4.04. The van der Waals surface area contributed by atoms with Gasteiger partial charge in [0, 0.05) is 38.9 Å². The van der Waals surface area contributed by atoms with E-state index in [1.807, 2.05) is 0 Å². The van der Waals surface area contributed by atoms with Crippen LogP contribution in [0, 0.1) is 0 Å². The van der Waals surface area contributed by atoms with Crippen LogP contribution in [0.2, 0.25) is 39.3 Å². The number of hydrogen-bond acceptors (Lipinski definition) is 3. The summed E-state index contributed by atoms with van der Waals surface area (Å²) in [5.41, 5.74) is 17.4. The second-order valence-corrected chi connectivity index (χ2v) is 36.0. The molecule has 0 atom stereocenters. The van der Waals surface area contributed by atoms with Gasteiger partial charge in [0.05, 0.1) is 32.9 Å². The third-order valence-electron chi connectivity index (χ3n) is 16.6. The van der Waals surface area contributed by atoms with Gasteiger partial charge < -0.3 is 14.2 Å². The monoisotopic (exact) mass is 1050 g/mol. The van der Waals surface area contributed by atoms with E-state index in [0.717, 1.165) is 56.1 Å². The zero-order valence-corrected chi connectivity index (χ0v) is 49.6. The Morgan fingerprint density at radius 2 is 0.744 bits per heavy atom. The molecule has 11 aromatic rings. The predicted octanol–water partition coefficient (Wildman–Crippen LogP) is 19.7. The molecule has 0 saturated heterocycles. The molecule has 0 spiro atoms. The number of para-hydroxylation sites is 1. The number of benzene rings is 10. The van der Waals surface area contributed by atoms with Crippen molar-refractivity contribution < 1.29 is 4.42 Å². The highest BCUT2D eigenvalue weighted by atomic mass is 28.3. The number of hydrogen-bond donors (Lipinski definition) is 0. The van der Waals surface area contributed by atoms with E-state index in [4.69, 9.17) is 4.42 Å². The summed E-state index contributed by atoms with van der Waals surface area (Å²) in [6, 6.07) is 83.0. The highest BCUT2D eigenvalue weighted by Crippen LogP contribution is 2.63. The van der Waals surface area contributed by atoms with Crippen LogP contribution in [0.5, 0.6) is 0 Å². The minimum Gasteiger partial charge on any atom is -0.454 e. The van der Waals surface area contributed by atoms with Gasteiger partial charge in [-0.2, -0.15) is 0 Å². The summed E-state index contributed by atoms with van der Waals surface area (Å²) in [5.74, 6) is 0. The van der Waals surface area contributed by atoms with E-state index < -0.39 is 21.6 Å². The quantitative estimate of drug-likeness (QED) is 0.127. The third-order valence-corrected chi connectivity index (χ3v) is 20.7. The number of furan rings is 1. The van der Waals surface area contributed by atoms with Crippen LogP contribution in [-0.2, 0) is 16.2 Å². The molecule has 0 fully saturated rings. The van der Waals surface area contributed by atoms with E-state index in [0.29, 0.717) is 0 Å². The number of rotatable bonds is 10. The average molecular weight is 1050 g/mol. The van der Waals surface area contributed by atoms with Gasteiger partial charge in [-0.05, 0) is 127 Å². The lowest BCUT2D eigenvalue weighted by atomic mass is 9.67.